The smallest absolute Gasteiger partial charge is 0.252 e. The maximum Gasteiger partial charge on any atom is 0.252 e. The lowest BCUT2D eigenvalue weighted by Gasteiger charge is -2.24. The first kappa shape index (κ1) is 19.4. The third-order valence-corrected chi connectivity index (χ3v) is 5.25. The normalized spacial score (nSPS) is 13.1. The van der Waals surface area contributed by atoms with Gasteiger partial charge in [0.05, 0.1) is 0 Å². The molecule has 0 saturated carbocycles. The molecular weight excluding hydrogens is 378 g/mol. The van der Waals surface area contributed by atoms with Gasteiger partial charge < -0.3 is 16.4 Å². The van der Waals surface area contributed by atoms with Gasteiger partial charge in [-0.15, -0.1) is 0 Å². The van der Waals surface area contributed by atoms with Crippen LogP contribution in [0.3, 0.4) is 0 Å². The van der Waals surface area contributed by atoms with Gasteiger partial charge >= 0.3 is 0 Å². The van der Waals surface area contributed by atoms with Crippen molar-refractivity contribution >= 4 is 23.4 Å². The minimum atomic E-state index is -0.924. The second-order valence-corrected chi connectivity index (χ2v) is 7.27. The molecule has 30 heavy (non-hydrogen) atoms. The fraction of sp³-hybridized carbons (Fsp3) is 0.125. The zero-order valence-electron chi connectivity index (χ0n) is 16.4. The highest BCUT2D eigenvalue weighted by Gasteiger charge is 2.38. The number of nitrogens with two attached hydrogens (primary N) is 1. The Bertz CT molecular complexity index is 1110. The number of hydrogen-bond acceptors (Lipinski definition) is 3. The highest BCUT2D eigenvalue weighted by atomic mass is 16.2. The fourth-order valence-electron chi connectivity index (χ4n) is 4.04. The molecule has 0 saturated heterocycles. The molecule has 150 valence electrons. The van der Waals surface area contributed by atoms with Crippen LogP contribution in [0, 0.1) is 0 Å². The lowest BCUT2D eigenvalue weighted by Crippen LogP contribution is -2.48. The summed E-state index contributed by atoms with van der Waals surface area (Å²) in [5.41, 5.74) is 10.5. The molecule has 0 aromatic heterocycles. The summed E-state index contributed by atoms with van der Waals surface area (Å²) >= 11 is 0. The molecule has 1 aliphatic rings. The molecule has 0 aliphatic heterocycles. The quantitative estimate of drug-likeness (QED) is 0.615. The molecule has 0 heterocycles. The average Bonchev–Trinajstić information content (AvgIpc) is 3.06. The van der Waals surface area contributed by atoms with Gasteiger partial charge in [-0.1, -0.05) is 54.6 Å². The van der Waals surface area contributed by atoms with Crippen molar-refractivity contribution in [3.05, 3.63) is 89.5 Å². The molecule has 0 bridgehead atoms. The Balaban J connectivity index is 1.68. The second-order valence-electron chi connectivity index (χ2n) is 7.27. The first-order chi connectivity index (χ1) is 14.5. The van der Waals surface area contributed by atoms with E-state index in [4.69, 9.17) is 5.73 Å². The Morgan fingerprint density at radius 1 is 0.867 bits per heavy atom. The van der Waals surface area contributed by atoms with Gasteiger partial charge in [0.2, 0.25) is 11.8 Å². The number of hydrogen-bond donors (Lipinski definition) is 3. The van der Waals surface area contributed by atoms with Crippen molar-refractivity contribution in [1.82, 2.24) is 5.32 Å². The number of fused-ring (bicyclic) bond motifs is 3. The first-order valence-corrected chi connectivity index (χ1v) is 9.62. The van der Waals surface area contributed by atoms with Gasteiger partial charge in [-0.25, -0.2) is 0 Å². The first-order valence-electron chi connectivity index (χ1n) is 9.62. The molecule has 3 amide bonds. The number of benzene rings is 3. The number of amides is 3. The predicted octanol–water partition coefficient (Wildman–Crippen LogP) is 3.04. The molecule has 3 aromatic rings. The van der Waals surface area contributed by atoms with E-state index in [2.05, 4.69) is 10.6 Å². The van der Waals surface area contributed by atoms with Crippen molar-refractivity contribution < 1.29 is 14.4 Å². The predicted molar refractivity (Wildman–Crippen MR) is 115 cm³/mol. The van der Waals surface area contributed by atoms with Crippen molar-refractivity contribution in [2.24, 2.45) is 5.73 Å². The van der Waals surface area contributed by atoms with Crippen LogP contribution < -0.4 is 16.4 Å². The Kier molecular flexibility index (Phi) is 5.06. The monoisotopic (exact) mass is 399 g/mol. The zero-order valence-corrected chi connectivity index (χ0v) is 16.4. The Labute approximate surface area is 174 Å². The SMILES string of the molecule is CC(=O)Nc1cccc(C(=O)N[C@@H](C(N)=O)C2c3ccccc3-c3ccccc32)c1. The minimum Gasteiger partial charge on any atom is -0.368 e. The maximum absolute atomic E-state index is 12.9. The molecule has 0 spiro atoms. The Morgan fingerprint density at radius 3 is 2.03 bits per heavy atom. The lowest BCUT2D eigenvalue weighted by molar-refractivity contribution is -0.120. The van der Waals surface area contributed by atoms with Crippen molar-refractivity contribution in [1.29, 1.82) is 0 Å². The number of rotatable bonds is 5. The van der Waals surface area contributed by atoms with Gasteiger partial charge in [0, 0.05) is 24.1 Å². The fourth-order valence-corrected chi connectivity index (χ4v) is 4.04. The molecule has 0 fully saturated rings. The summed E-state index contributed by atoms with van der Waals surface area (Å²) in [6, 6.07) is 21.3. The summed E-state index contributed by atoms with van der Waals surface area (Å²) in [6.07, 6.45) is 0. The van der Waals surface area contributed by atoms with Crippen LogP contribution in [0.4, 0.5) is 5.69 Å². The molecule has 0 radical (unpaired) electrons. The summed E-state index contributed by atoms with van der Waals surface area (Å²) in [5, 5.41) is 5.46. The van der Waals surface area contributed by atoms with E-state index in [1.54, 1.807) is 24.3 Å². The summed E-state index contributed by atoms with van der Waals surface area (Å²) < 4.78 is 0. The molecule has 4 N–H and O–H groups in total. The van der Waals surface area contributed by atoms with E-state index in [1.165, 1.54) is 6.92 Å². The Hall–Kier alpha value is -3.93. The summed E-state index contributed by atoms with van der Waals surface area (Å²) in [7, 11) is 0. The molecule has 4 rings (SSSR count). The third-order valence-electron chi connectivity index (χ3n) is 5.25. The van der Waals surface area contributed by atoms with Crippen LogP contribution in [0.5, 0.6) is 0 Å². The summed E-state index contributed by atoms with van der Waals surface area (Å²) in [4.78, 5) is 36.7. The highest BCUT2D eigenvalue weighted by Crippen LogP contribution is 2.46. The van der Waals surface area contributed by atoms with Gasteiger partial charge in [-0.05, 0) is 40.5 Å². The molecular formula is C24H21N3O3. The van der Waals surface area contributed by atoms with Crippen molar-refractivity contribution in [3.8, 4) is 11.1 Å². The number of nitrogens with one attached hydrogen (secondary N) is 2. The van der Waals surface area contributed by atoms with Crippen molar-refractivity contribution in [3.63, 3.8) is 0 Å². The van der Waals surface area contributed by atoms with Gasteiger partial charge in [0.15, 0.2) is 0 Å². The molecule has 1 atom stereocenters. The van der Waals surface area contributed by atoms with Crippen LogP contribution >= 0.6 is 0 Å². The Morgan fingerprint density at radius 2 is 1.47 bits per heavy atom. The van der Waals surface area contributed by atoms with E-state index in [-0.39, 0.29) is 11.8 Å². The largest absolute Gasteiger partial charge is 0.368 e. The number of carbonyl (C=O) groups is 3. The molecule has 0 unspecified atom stereocenters. The van der Waals surface area contributed by atoms with E-state index in [1.807, 2.05) is 48.5 Å². The van der Waals surface area contributed by atoms with Gasteiger partial charge in [-0.2, -0.15) is 0 Å². The number of anilines is 1. The van der Waals surface area contributed by atoms with Gasteiger partial charge in [0.1, 0.15) is 6.04 Å². The van der Waals surface area contributed by atoms with Crippen LogP contribution in [0.2, 0.25) is 0 Å². The van der Waals surface area contributed by atoms with E-state index < -0.39 is 17.9 Å². The van der Waals surface area contributed by atoms with E-state index in [0.29, 0.717) is 11.3 Å². The summed E-state index contributed by atoms with van der Waals surface area (Å²) in [6.45, 7) is 1.39. The lowest BCUT2D eigenvalue weighted by atomic mass is 9.88. The second kappa shape index (κ2) is 7.83. The molecule has 1 aliphatic carbocycles. The minimum absolute atomic E-state index is 0.234. The van der Waals surface area contributed by atoms with Crippen LogP contribution in [0.15, 0.2) is 72.8 Å². The third kappa shape index (κ3) is 3.55. The van der Waals surface area contributed by atoms with Crippen LogP contribution in [-0.2, 0) is 9.59 Å². The molecule has 6 heteroatoms. The van der Waals surface area contributed by atoms with E-state index in [0.717, 1.165) is 22.3 Å². The number of primary amides is 1. The number of carbonyl (C=O) groups excluding carboxylic acids is 3. The molecule has 6 nitrogen and oxygen atoms in total. The van der Waals surface area contributed by atoms with Gasteiger partial charge in [0.25, 0.3) is 5.91 Å². The topological polar surface area (TPSA) is 101 Å². The van der Waals surface area contributed by atoms with Crippen LogP contribution in [0.25, 0.3) is 11.1 Å². The standard InChI is InChI=1S/C24H21N3O3/c1-14(28)26-16-8-6-7-15(13-16)24(30)27-22(23(25)29)21-19-11-4-2-9-17(19)18-10-3-5-12-20(18)21/h2-13,21-22H,1H3,(H2,25,29)(H,26,28)(H,27,30)/t22-/m1/s1. The van der Waals surface area contributed by atoms with Crippen LogP contribution in [0.1, 0.15) is 34.3 Å². The zero-order chi connectivity index (χ0) is 21.3. The van der Waals surface area contributed by atoms with Crippen LogP contribution in [-0.4, -0.2) is 23.8 Å². The highest BCUT2D eigenvalue weighted by molar-refractivity contribution is 6.00. The maximum atomic E-state index is 12.9. The molecule has 3 aromatic carbocycles. The summed E-state index contributed by atoms with van der Waals surface area (Å²) in [5.74, 6) is -1.66. The average molecular weight is 399 g/mol. The van der Waals surface area contributed by atoms with Crippen molar-refractivity contribution in [2.45, 2.75) is 18.9 Å². The van der Waals surface area contributed by atoms with Gasteiger partial charge in [-0.3, -0.25) is 14.4 Å². The van der Waals surface area contributed by atoms with E-state index >= 15 is 0 Å². The van der Waals surface area contributed by atoms with E-state index in [9.17, 15) is 14.4 Å². The van der Waals surface area contributed by atoms with Crippen molar-refractivity contribution in [2.75, 3.05) is 5.32 Å².